The van der Waals surface area contributed by atoms with Crippen molar-refractivity contribution in [2.45, 2.75) is 13.0 Å². The highest BCUT2D eigenvalue weighted by Gasteiger charge is 2.24. The number of nitrogens with one attached hydrogen (secondary N) is 2. The number of anilines is 2. The first-order valence-corrected chi connectivity index (χ1v) is 7.14. The number of fused-ring (bicyclic) bond motifs is 1. The van der Waals surface area contributed by atoms with Gasteiger partial charge >= 0.3 is 0 Å². The average molecular weight is 312 g/mol. The zero-order valence-electron chi connectivity index (χ0n) is 12.8. The fourth-order valence-corrected chi connectivity index (χ4v) is 2.22. The number of benzene rings is 2. The molecule has 0 bridgehead atoms. The van der Waals surface area contributed by atoms with Gasteiger partial charge in [0.05, 0.1) is 12.8 Å². The summed E-state index contributed by atoms with van der Waals surface area (Å²) in [5.41, 5.74) is 1.67. The molecule has 1 aliphatic heterocycles. The van der Waals surface area contributed by atoms with Crippen LogP contribution in [-0.2, 0) is 4.79 Å². The lowest BCUT2D eigenvalue weighted by molar-refractivity contribution is -0.122. The lowest BCUT2D eigenvalue weighted by Gasteiger charge is -2.23. The number of amides is 2. The molecule has 0 fully saturated rings. The molecule has 1 atom stereocenters. The average Bonchev–Trinajstić information content (AvgIpc) is 2.56. The maximum Gasteiger partial charge on any atom is 0.265 e. The van der Waals surface area contributed by atoms with Crippen molar-refractivity contribution in [1.29, 1.82) is 0 Å². The van der Waals surface area contributed by atoms with Crippen LogP contribution in [0.3, 0.4) is 0 Å². The molecule has 2 aromatic carbocycles. The molecule has 2 aromatic rings. The van der Waals surface area contributed by atoms with Crippen LogP contribution in [0.2, 0.25) is 0 Å². The SMILES string of the molecule is COc1ccc(NC(=O)c2ccc3c(c2)OC(C)C(=O)N3)cc1. The molecule has 2 N–H and O–H groups in total. The minimum Gasteiger partial charge on any atom is -0.497 e. The highest BCUT2D eigenvalue weighted by Crippen LogP contribution is 2.30. The maximum absolute atomic E-state index is 12.3. The summed E-state index contributed by atoms with van der Waals surface area (Å²) in [6, 6.07) is 12.0. The smallest absolute Gasteiger partial charge is 0.265 e. The van der Waals surface area contributed by atoms with Gasteiger partial charge in [0.15, 0.2) is 6.10 Å². The van der Waals surface area contributed by atoms with E-state index in [0.29, 0.717) is 22.7 Å². The molecule has 1 unspecified atom stereocenters. The second-order valence-electron chi connectivity index (χ2n) is 5.14. The number of methoxy groups -OCH3 is 1. The van der Waals surface area contributed by atoms with Crippen molar-refractivity contribution >= 4 is 23.2 Å². The van der Waals surface area contributed by atoms with Crippen LogP contribution in [-0.4, -0.2) is 25.0 Å². The van der Waals surface area contributed by atoms with Gasteiger partial charge in [0, 0.05) is 11.3 Å². The van der Waals surface area contributed by atoms with Gasteiger partial charge in [-0.15, -0.1) is 0 Å². The van der Waals surface area contributed by atoms with Gasteiger partial charge in [-0.3, -0.25) is 9.59 Å². The van der Waals surface area contributed by atoms with E-state index in [2.05, 4.69) is 10.6 Å². The van der Waals surface area contributed by atoms with E-state index in [9.17, 15) is 9.59 Å². The molecule has 0 saturated carbocycles. The number of carbonyl (C=O) groups excluding carboxylic acids is 2. The Morgan fingerprint density at radius 2 is 1.96 bits per heavy atom. The van der Waals surface area contributed by atoms with E-state index >= 15 is 0 Å². The van der Waals surface area contributed by atoms with Crippen LogP contribution in [0.15, 0.2) is 42.5 Å². The lowest BCUT2D eigenvalue weighted by Crippen LogP contribution is -2.34. The Hall–Kier alpha value is -3.02. The van der Waals surface area contributed by atoms with E-state index in [1.165, 1.54) is 0 Å². The van der Waals surface area contributed by atoms with Crippen molar-refractivity contribution in [2.75, 3.05) is 17.7 Å². The van der Waals surface area contributed by atoms with E-state index in [1.54, 1.807) is 56.5 Å². The zero-order valence-corrected chi connectivity index (χ0v) is 12.8. The van der Waals surface area contributed by atoms with Crippen LogP contribution in [0.25, 0.3) is 0 Å². The summed E-state index contributed by atoms with van der Waals surface area (Å²) in [6.07, 6.45) is -0.581. The first-order valence-electron chi connectivity index (χ1n) is 7.14. The number of hydrogen-bond donors (Lipinski definition) is 2. The van der Waals surface area contributed by atoms with Crippen LogP contribution in [0, 0.1) is 0 Å². The van der Waals surface area contributed by atoms with Crippen LogP contribution in [0.4, 0.5) is 11.4 Å². The quantitative estimate of drug-likeness (QED) is 0.913. The third-order valence-electron chi connectivity index (χ3n) is 3.52. The Kier molecular flexibility index (Phi) is 3.89. The van der Waals surface area contributed by atoms with Crippen molar-refractivity contribution in [1.82, 2.24) is 0 Å². The summed E-state index contributed by atoms with van der Waals surface area (Å²) in [5.74, 6) is 0.744. The van der Waals surface area contributed by atoms with Gasteiger partial charge in [-0.2, -0.15) is 0 Å². The molecular formula is C17H16N2O4. The predicted octanol–water partition coefficient (Wildman–Crippen LogP) is 2.67. The monoisotopic (exact) mass is 312 g/mol. The van der Waals surface area contributed by atoms with Crippen molar-refractivity contribution < 1.29 is 19.1 Å². The van der Waals surface area contributed by atoms with Gasteiger partial charge in [-0.05, 0) is 49.4 Å². The second-order valence-corrected chi connectivity index (χ2v) is 5.14. The van der Waals surface area contributed by atoms with Crippen molar-refractivity contribution in [2.24, 2.45) is 0 Å². The Bertz CT molecular complexity index is 756. The molecule has 0 spiro atoms. The van der Waals surface area contributed by atoms with E-state index in [4.69, 9.17) is 9.47 Å². The summed E-state index contributed by atoms with van der Waals surface area (Å²) in [7, 11) is 1.58. The first kappa shape index (κ1) is 14.9. The van der Waals surface area contributed by atoms with E-state index in [1.807, 2.05) is 0 Å². The Morgan fingerprint density at radius 1 is 1.22 bits per heavy atom. The van der Waals surface area contributed by atoms with E-state index in [0.717, 1.165) is 5.75 Å². The van der Waals surface area contributed by atoms with Crippen LogP contribution in [0.1, 0.15) is 17.3 Å². The Balaban J connectivity index is 1.77. The number of rotatable bonds is 3. The Labute approximate surface area is 133 Å². The van der Waals surface area contributed by atoms with Gasteiger partial charge in [-0.25, -0.2) is 0 Å². The molecule has 1 heterocycles. The van der Waals surface area contributed by atoms with E-state index in [-0.39, 0.29) is 11.8 Å². The molecule has 2 amide bonds. The molecule has 118 valence electrons. The lowest BCUT2D eigenvalue weighted by atomic mass is 10.1. The van der Waals surface area contributed by atoms with Gasteiger partial charge < -0.3 is 20.1 Å². The number of ether oxygens (including phenoxy) is 2. The molecule has 6 heteroatoms. The van der Waals surface area contributed by atoms with Gasteiger partial charge in [0.2, 0.25) is 0 Å². The molecule has 0 radical (unpaired) electrons. The number of hydrogen-bond acceptors (Lipinski definition) is 4. The van der Waals surface area contributed by atoms with Crippen molar-refractivity contribution in [3.63, 3.8) is 0 Å². The molecule has 23 heavy (non-hydrogen) atoms. The zero-order chi connectivity index (χ0) is 16.4. The molecule has 0 aromatic heterocycles. The minimum atomic E-state index is -0.581. The molecule has 3 rings (SSSR count). The van der Waals surface area contributed by atoms with Crippen molar-refractivity contribution in [3.8, 4) is 11.5 Å². The highest BCUT2D eigenvalue weighted by atomic mass is 16.5. The van der Waals surface area contributed by atoms with Crippen molar-refractivity contribution in [3.05, 3.63) is 48.0 Å². The standard InChI is InChI=1S/C17H16N2O4/c1-10-16(20)19-14-8-3-11(9-15(14)23-10)17(21)18-12-4-6-13(22-2)7-5-12/h3-10H,1-2H3,(H,18,21)(H,19,20). The highest BCUT2D eigenvalue weighted by molar-refractivity contribution is 6.05. The Morgan fingerprint density at radius 3 is 2.65 bits per heavy atom. The molecule has 6 nitrogen and oxygen atoms in total. The third kappa shape index (κ3) is 3.11. The van der Waals surface area contributed by atoms with Gasteiger partial charge in [0.25, 0.3) is 11.8 Å². The summed E-state index contributed by atoms with van der Waals surface area (Å²) in [5, 5.41) is 5.53. The largest absolute Gasteiger partial charge is 0.497 e. The number of carbonyl (C=O) groups is 2. The van der Waals surface area contributed by atoms with Gasteiger partial charge in [0.1, 0.15) is 11.5 Å². The molecule has 1 aliphatic rings. The first-order chi connectivity index (χ1) is 11.1. The fraction of sp³-hybridized carbons (Fsp3) is 0.176. The summed E-state index contributed by atoms with van der Waals surface area (Å²) < 4.78 is 10.6. The normalized spacial score (nSPS) is 15.9. The van der Waals surface area contributed by atoms with Gasteiger partial charge in [-0.1, -0.05) is 0 Å². The second kappa shape index (κ2) is 6.00. The third-order valence-corrected chi connectivity index (χ3v) is 3.52. The van der Waals surface area contributed by atoms with Crippen LogP contribution < -0.4 is 20.1 Å². The fourth-order valence-electron chi connectivity index (χ4n) is 2.22. The van der Waals surface area contributed by atoms with Crippen LogP contribution >= 0.6 is 0 Å². The summed E-state index contributed by atoms with van der Waals surface area (Å²) in [6.45, 7) is 1.66. The minimum absolute atomic E-state index is 0.201. The molecule has 0 saturated heterocycles. The molecule has 0 aliphatic carbocycles. The predicted molar refractivity (Wildman–Crippen MR) is 86.1 cm³/mol. The van der Waals surface area contributed by atoms with E-state index < -0.39 is 6.10 Å². The van der Waals surface area contributed by atoms with Crippen LogP contribution in [0.5, 0.6) is 11.5 Å². The summed E-state index contributed by atoms with van der Waals surface area (Å²) in [4.78, 5) is 23.9. The summed E-state index contributed by atoms with van der Waals surface area (Å²) >= 11 is 0. The maximum atomic E-state index is 12.3. The molecular weight excluding hydrogens is 296 g/mol. The topological polar surface area (TPSA) is 76.7 Å².